The SMILES string of the molecule is C=CCN1Cc2cccc3c2-c2c(cccc2C1)C3. The van der Waals surface area contributed by atoms with Gasteiger partial charge in [-0.15, -0.1) is 6.58 Å². The zero-order valence-electron chi connectivity index (χ0n) is 11.0. The van der Waals surface area contributed by atoms with Gasteiger partial charge in [-0.25, -0.2) is 0 Å². The Labute approximate surface area is 114 Å². The van der Waals surface area contributed by atoms with Crippen molar-refractivity contribution in [2.45, 2.75) is 19.5 Å². The maximum Gasteiger partial charge on any atom is 0.0246 e. The van der Waals surface area contributed by atoms with Crippen LogP contribution in [0.5, 0.6) is 0 Å². The van der Waals surface area contributed by atoms with Crippen LogP contribution >= 0.6 is 0 Å². The van der Waals surface area contributed by atoms with Crippen molar-refractivity contribution in [3.63, 3.8) is 0 Å². The van der Waals surface area contributed by atoms with Crippen LogP contribution in [-0.2, 0) is 19.5 Å². The minimum atomic E-state index is 0.952. The van der Waals surface area contributed by atoms with Crippen LogP contribution in [0.4, 0.5) is 0 Å². The molecule has 0 spiro atoms. The van der Waals surface area contributed by atoms with Gasteiger partial charge >= 0.3 is 0 Å². The Hall–Kier alpha value is -1.86. The summed E-state index contributed by atoms with van der Waals surface area (Å²) < 4.78 is 0. The van der Waals surface area contributed by atoms with E-state index < -0.39 is 0 Å². The second-order valence-electron chi connectivity index (χ2n) is 5.54. The molecule has 4 rings (SSSR count). The lowest BCUT2D eigenvalue weighted by Crippen LogP contribution is -2.21. The Bertz CT molecular complexity index is 616. The van der Waals surface area contributed by atoms with Crippen molar-refractivity contribution in [2.75, 3.05) is 6.54 Å². The highest BCUT2D eigenvalue weighted by molar-refractivity contribution is 5.82. The molecule has 0 fully saturated rings. The predicted molar refractivity (Wildman–Crippen MR) is 79.0 cm³/mol. The summed E-state index contributed by atoms with van der Waals surface area (Å²) in [5.74, 6) is 0. The molecule has 2 aromatic rings. The fourth-order valence-corrected chi connectivity index (χ4v) is 3.56. The molecule has 1 aliphatic carbocycles. The van der Waals surface area contributed by atoms with Crippen molar-refractivity contribution in [1.29, 1.82) is 0 Å². The van der Waals surface area contributed by atoms with E-state index in [1.54, 1.807) is 0 Å². The normalized spacial score (nSPS) is 16.0. The van der Waals surface area contributed by atoms with E-state index in [1.807, 2.05) is 6.08 Å². The zero-order chi connectivity index (χ0) is 12.8. The molecular formula is C18H17N. The van der Waals surface area contributed by atoms with E-state index in [1.165, 1.54) is 33.4 Å². The van der Waals surface area contributed by atoms with E-state index in [-0.39, 0.29) is 0 Å². The predicted octanol–water partition coefficient (Wildman–Crippen LogP) is 3.76. The fourth-order valence-electron chi connectivity index (χ4n) is 3.56. The molecule has 19 heavy (non-hydrogen) atoms. The van der Waals surface area contributed by atoms with Gasteiger partial charge in [0.2, 0.25) is 0 Å². The molecule has 0 N–H and O–H groups in total. The Morgan fingerprint density at radius 3 is 1.95 bits per heavy atom. The molecule has 0 saturated heterocycles. The summed E-state index contributed by atoms with van der Waals surface area (Å²) in [6, 6.07) is 13.5. The highest BCUT2D eigenvalue weighted by Gasteiger charge is 2.27. The van der Waals surface area contributed by atoms with Gasteiger partial charge in [0.25, 0.3) is 0 Å². The van der Waals surface area contributed by atoms with Gasteiger partial charge in [-0.3, -0.25) is 4.90 Å². The first-order valence-electron chi connectivity index (χ1n) is 6.92. The molecule has 2 aromatic carbocycles. The minimum absolute atomic E-state index is 0.952. The van der Waals surface area contributed by atoms with Gasteiger partial charge in [0.05, 0.1) is 0 Å². The number of hydrogen-bond donors (Lipinski definition) is 0. The molecule has 2 aliphatic rings. The summed E-state index contributed by atoms with van der Waals surface area (Å²) in [6.07, 6.45) is 3.11. The minimum Gasteiger partial charge on any atom is -0.291 e. The zero-order valence-corrected chi connectivity index (χ0v) is 11.0. The molecule has 1 nitrogen and oxygen atoms in total. The molecule has 1 aliphatic heterocycles. The van der Waals surface area contributed by atoms with Crippen molar-refractivity contribution in [2.24, 2.45) is 0 Å². The van der Waals surface area contributed by atoms with Gasteiger partial charge in [-0.2, -0.15) is 0 Å². The van der Waals surface area contributed by atoms with E-state index in [4.69, 9.17) is 0 Å². The van der Waals surface area contributed by atoms with E-state index >= 15 is 0 Å². The van der Waals surface area contributed by atoms with Crippen LogP contribution in [0, 0.1) is 0 Å². The molecule has 1 heteroatoms. The molecule has 0 radical (unpaired) electrons. The van der Waals surface area contributed by atoms with Crippen molar-refractivity contribution in [3.8, 4) is 11.1 Å². The molecule has 0 bridgehead atoms. The fraction of sp³-hybridized carbons (Fsp3) is 0.222. The standard InChI is InChI=1S/C18H17N/c1-2-9-19-11-15-7-3-5-13-10-14-6-4-8-16(12-19)18(14)17(13)15/h2-8H,1,9-12H2. The van der Waals surface area contributed by atoms with Crippen LogP contribution in [0.1, 0.15) is 22.3 Å². The second-order valence-corrected chi connectivity index (χ2v) is 5.54. The summed E-state index contributed by atoms with van der Waals surface area (Å²) in [5.41, 5.74) is 8.98. The maximum absolute atomic E-state index is 3.88. The van der Waals surface area contributed by atoms with E-state index in [0.717, 1.165) is 26.1 Å². The van der Waals surface area contributed by atoms with E-state index in [2.05, 4.69) is 47.9 Å². The van der Waals surface area contributed by atoms with Gasteiger partial charge in [0.1, 0.15) is 0 Å². The lowest BCUT2D eigenvalue weighted by atomic mass is 9.97. The van der Waals surface area contributed by atoms with Gasteiger partial charge in [0.15, 0.2) is 0 Å². The van der Waals surface area contributed by atoms with E-state index in [0.29, 0.717) is 0 Å². The van der Waals surface area contributed by atoms with Gasteiger partial charge in [0, 0.05) is 19.6 Å². The van der Waals surface area contributed by atoms with Crippen molar-refractivity contribution in [3.05, 3.63) is 71.3 Å². The average Bonchev–Trinajstić information content (AvgIpc) is 2.70. The summed E-state index contributed by atoms with van der Waals surface area (Å²) in [7, 11) is 0. The van der Waals surface area contributed by atoms with Gasteiger partial charge < -0.3 is 0 Å². The first-order chi connectivity index (χ1) is 9.36. The van der Waals surface area contributed by atoms with Crippen LogP contribution in [0.25, 0.3) is 11.1 Å². The molecule has 0 unspecified atom stereocenters. The lowest BCUT2D eigenvalue weighted by Gasteiger charge is -2.19. The largest absolute Gasteiger partial charge is 0.291 e. The smallest absolute Gasteiger partial charge is 0.0246 e. The third-order valence-corrected chi connectivity index (χ3v) is 4.28. The Balaban J connectivity index is 1.97. The topological polar surface area (TPSA) is 3.24 Å². The average molecular weight is 247 g/mol. The first-order valence-corrected chi connectivity index (χ1v) is 6.92. The highest BCUT2D eigenvalue weighted by atomic mass is 15.1. The van der Waals surface area contributed by atoms with Crippen LogP contribution in [0.3, 0.4) is 0 Å². The molecule has 0 saturated carbocycles. The van der Waals surface area contributed by atoms with Crippen LogP contribution in [0.2, 0.25) is 0 Å². The quantitative estimate of drug-likeness (QED) is 0.623. The summed E-state index contributed by atoms with van der Waals surface area (Å²) in [4.78, 5) is 2.47. The third-order valence-electron chi connectivity index (χ3n) is 4.28. The van der Waals surface area contributed by atoms with Gasteiger partial charge in [-0.1, -0.05) is 42.5 Å². The molecule has 0 atom stereocenters. The number of nitrogens with zero attached hydrogens (tertiary/aromatic N) is 1. The number of benzene rings is 2. The summed E-state index contributed by atoms with van der Waals surface area (Å²) in [5, 5.41) is 0. The summed E-state index contributed by atoms with van der Waals surface area (Å²) >= 11 is 0. The van der Waals surface area contributed by atoms with Crippen LogP contribution < -0.4 is 0 Å². The molecular weight excluding hydrogens is 230 g/mol. The summed E-state index contributed by atoms with van der Waals surface area (Å²) in [6.45, 7) is 6.90. The molecule has 0 aromatic heterocycles. The first kappa shape index (κ1) is 11.0. The van der Waals surface area contributed by atoms with Crippen LogP contribution in [-0.4, -0.2) is 11.4 Å². The lowest BCUT2D eigenvalue weighted by molar-refractivity contribution is 0.289. The van der Waals surface area contributed by atoms with Crippen molar-refractivity contribution < 1.29 is 0 Å². The molecule has 94 valence electrons. The molecule has 0 amide bonds. The second kappa shape index (κ2) is 4.07. The monoisotopic (exact) mass is 247 g/mol. The number of hydrogen-bond acceptors (Lipinski definition) is 1. The van der Waals surface area contributed by atoms with Gasteiger partial charge in [-0.05, 0) is 39.8 Å². The van der Waals surface area contributed by atoms with Crippen LogP contribution in [0.15, 0.2) is 49.1 Å². The highest BCUT2D eigenvalue weighted by Crippen LogP contribution is 2.43. The third kappa shape index (κ3) is 1.58. The van der Waals surface area contributed by atoms with Crippen molar-refractivity contribution in [1.82, 2.24) is 4.90 Å². The van der Waals surface area contributed by atoms with E-state index in [9.17, 15) is 0 Å². The molecule has 1 heterocycles. The Kier molecular flexibility index (Phi) is 2.36. The Morgan fingerprint density at radius 1 is 0.895 bits per heavy atom. The number of rotatable bonds is 2. The van der Waals surface area contributed by atoms with Crippen molar-refractivity contribution >= 4 is 0 Å². The Morgan fingerprint density at radius 2 is 1.42 bits per heavy atom. The maximum atomic E-state index is 3.88.